The molecule has 12 nitrogen and oxygen atoms in total. The lowest BCUT2D eigenvalue weighted by Crippen LogP contribution is -2.32. The van der Waals surface area contributed by atoms with E-state index in [4.69, 9.17) is 5.11 Å². The van der Waals surface area contributed by atoms with Gasteiger partial charge in [0.2, 0.25) is 5.52 Å². The van der Waals surface area contributed by atoms with E-state index in [0.717, 1.165) is 9.13 Å². The van der Waals surface area contributed by atoms with Crippen LogP contribution in [-0.2, 0) is 18.4 Å². The second-order valence-electron chi connectivity index (χ2n) is 4.32. The first-order valence-electron chi connectivity index (χ1n) is 6.08. The van der Waals surface area contributed by atoms with Gasteiger partial charge in [-0.3, -0.25) is 19.1 Å². The van der Waals surface area contributed by atoms with Crippen LogP contribution in [-0.4, -0.2) is 48.2 Å². The number of amides is 1. The van der Waals surface area contributed by atoms with Crippen LogP contribution in [0.2, 0.25) is 0 Å². The highest BCUT2D eigenvalue weighted by Crippen LogP contribution is 2.16. The van der Waals surface area contributed by atoms with Crippen molar-refractivity contribution in [1.29, 1.82) is 0 Å². The van der Waals surface area contributed by atoms with Gasteiger partial charge in [-0.15, -0.1) is 0 Å². The number of nitrogens with one attached hydrogen (secondary N) is 2. The molecule has 0 unspecified atom stereocenters. The van der Waals surface area contributed by atoms with Crippen molar-refractivity contribution in [3.8, 4) is 0 Å². The predicted octanol–water partition coefficient (Wildman–Crippen LogP) is -2.56. The number of aliphatic hydroxyl groups is 1. The number of aromatic amines is 1. The Labute approximate surface area is 121 Å². The monoisotopic (exact) mass is 312 g/mol. The quantitative estimate of drug-likeness (QED) is 0.403. The van der Waals surface area contributed by atoms with Crippen LogP contribution in [0, 0.1) is 10.1 Å². The molecule has 0 radical (unpaired) electrons. The van der Waals surface area contributed by atoms with Crippen molar-refractivity contribution in [2.45, 2.75) is 6.54 Å². The van der Waals surface area contributed by atoms with Gasteiger partial charge in [0.05, 0.1) is 6.61 Å². The van der Waals surface area contributed by atoms with Crippen LogP contribution in [0.25, 0.3) is 11.2 Å². The summed E-state index contributed by atoms with van der Waals surface area (Å²) in [6, 6.07) is 0. The number of aliphatic hydroxyl groups excluding tert-OH is 1. The van der Waals surface area contributed by atoms with Crippen LogP contribution >= 0.6 is 0 Å². The van der Waals surface area contributed by atoms with Gasteiger partial charge in [-0.1, -0.05) is 0 Å². The van der Waals surface area contributed by atoms with Crippen molar-refractivity contribution in [2.75, 3.05) is 13.2 Å². The topological polar surface area (TPSA) is 165 Å². The number of imidazole rings is 1. The molecular weight excluding hydrogens is 300 g/mol. The van der Waals surface area contributed by atoms with Crippen LogP contribution < -0.4 is 16.6 Å². The molecule has 0 spiro atoms. The van der Waals surface area contributed by atoms with Crippen molar-refractivity contribution in [1.82, 2.24) is 24.4 Å². The summed E-state index contributed by atoms with van der Waals surface area (Å²) in [5, 5.41) is 22.0. The van der Waals surface area contributed by atoms with E-state index in [-0.39, 0.29) is 24.3 Å². The molecule has 0 aliphatic heterocycles. The Balaban J connectivity index is 2.65. The maximum atomic E-state index is 11.9. The number of hydrogen-bond acceptors (Lipinski definition) is 7. The molecule has 0 saturated carbocycles. The van der Waals surface area contributed by atoms with Gasteiger partial charge in [-0.05, 0) is 9.91 Å². The Morgan fingerprint density at radius 2 is 2.18 bits per heavy atom. The summed E-state index contributed by atoms with van der Waals surface area (Å²) in [5.41, 5.74) is -2.11. The molecule has 0 aromatic carbocycles. The molecule has 0 bridgehead atoms. The summed E-state index contributed by atoms with van der Waals surface area (Å²) in [6.07, 6.45) is 0. The minimum absolute atomic E-state index is 0.0336. The van der Waals surface area contributed by atoms with E-state index in [1.54, 1.807) is 0 Å². The van der Waals surface area contributed by atoms with Crippen LogP contribution in [0.1, 0.15) is 0 Å². The van der Waals surface area contributed by atoms with E-state index < -0.39 is 34.6 Å². The maximum absolute atomic E-state index is 11.9. The largest absolute Gasteiger partial charge is 0.437 e. The van der Waals surface area contributed by atoms with Gasteiger partial charge >= 0.3 is 11.6 Å². The van der Waals surface area contributed by atoms with Crippen LogP contribution in [0.5, 0.6) is 0 Å². The number of nitro groups is 1. The molecule has 1 amide bonds. The number of carbonyl (C=O) groups excluding carboxylic acids is 1. The third-order valence-electron chi connectivity index (χ3n) is 2.89. The predicted molar refractivity (Wildman–Crippen MR) is 72.3 cm³/mol. The zero-order valence-corrected chi connectivity index (χ0v) is 11.4. The van der Waals surface area contributed by atoms with Gasteiger partial charge in [-0.25, -0.2) is 9.36 Å². The minimum Gasteiger partial charge on any atom is -0.395 e. The van der Waals surface area contributed by atoms with E-state index >= 15 is 0 Å². The summed E-state index contributed by atoms with van der Waals surface area (Å²) in [5.74, 6) is -1.38. The molecule has 0 aliphatic carbocycles. The number of aromatic nitrogens is 4. The smallest absolute Gasteiger partial charge is 0.395 e. The fourth-order valence-corrected chi connectivity index (χ4v) is 1.91. The fourth-order valence-electron chi connectivity index (χ4n) is 1.91. The van der Waals surface area contributed by atoms with Crippen molar-refractivity contribution < 1.29 is 14.8 Å². The average molecular weight is 312 g/mol. The van der Waals surface area contributed by atoms with Gasteiger partial charge < -0.3 is 20.5 Å². The van der Waals surface area contributed by atoms with Crippen LogP contribution in [0.3, 0.4) is 0 Å². The molecule has 0 atom stereocenters. The number of carbonyl (C=O) groups is 1. The number of rotatable bonds is 5. The molecule has 0 fully saturated rings. The van der Waals surface area contributed by atoms with Gasteiger partial charge in [-0.2, -0.15) is 0 Å². The first-order valence-corrected chi connectivity index (χ1v) is 6.08. The summed E-state index contributed by atoms with van der Waals surface area (Å²) in [7, 11) is 1.29. The highest BCUT2D eigenvalue weighted by atomic mass is 16.6. The summed E-state index contributed by atoms with van der Waals surface area (Å²) >= 11 is 0. The van der Waals surface area contributed by atoms with E-state index in [0.29, 0.717) is 0 Å². The Morgan fingerprint density at radius 3 is 2.77 bits per heavy atom. The summed E-state index contributed by atoms with van der Waals surface area (Å²) < 4.78 is 1.74. The van der Waals surface area contributed by atoms with E-state index in [1.165, 1.54) is 7.05 Å². The molecule has 22 heavy (non-hydrogen) atoms. The third kappa shape index (κ3) is 2.58. The molecule has 3 N–H and O–H groups in total. The lowest BCUT2D eigenvalue weighted by atomic mass is 10.4. The standard InChI is InChI=1S/C10H12N6O6/c1-14-7-6(8(19)13-10(14)20)15(9(12-7)16(21)22)4-5(18)11-2-3-17/h17H,2-4H2,1H3,(H,11,18)(H,13,19,20). The second kappa shape index (κ2) is 5.77. The van der Waals surface area contributed by atoms with Crippen LogP contribution in [0.4, 0.5) is 5.95 Å². The molecule has 2 aromatic heterocycles. The lowest BCUT2D eigenvalue weighted by Gasteiger charge is -2.03. The second-order valence-corrected chi connectivity index (χ2v) is 4.32. The van der Waals surface area contributed by atoms with Crippen molar-refractivity contribution in [2.24, 2.45) is 7.05 Å². The zero-order chi connectivity index (χ0) is 16.4. The van der Waals surface area contributed by atoms with Gasteiger partial charge in [0, 0.05) is 13.6 Å². The summed E-state index contributed by atoms with van der Waals surface area (Å²) in [4.78, 5) is 50.9. The number of H-pyrrole nitrogens is 1. The minimum atomic E-state index is -0.881. The van der Waals surface area contributed by atoms with E-state index in [9.17, 15) is 24.5 Å². The molecule has 2 rings (SSSR count). The van der Waals surface area contributed by atoms with Gasteiger partial charge in [0.1, 0.15) is 0 Å². The normalized spacial score (nSPS) is 10.8. The SMILES string of the molecule is Cn1c(=O)[nH]c(=O)c2c1nc([N+](=O)[O-])n2CC(=O)NCCO. The maximum Gasteiger partial charge on any atom is 0.437 e. The molecular formula is C10H12N6O6. The Hall–Kier alpha value is -3.02. The fraction of sp³-hybridized carbons (Fsp3) is 0.400. The molecule has 118 valence electrons. The first kappa shape index (κ1) is 15.4. The molecule has 2 aromatic rings. The first-order chi connectivity index (χ1) is 10.4. The van der Waals surface area contributed by atoms with Crippen molar-refractivity contribution in [3.63, 3.8) is 0 Å². The molecule has 0 saturated heterocycles. The number of hydrogen-bond donors (Lipinski definition) is 3. The number of aryl methyl sites for hydroxylation is 1. The molecule has 2 heterocycles. The van der Waals surface area contributed by atoms with Crippen molar-refractivity contribution >= 4 is 23.0 Å². The van der Waals surface area contributed by atoms with Gasteiger partial charge in [0.25, 0.3) is 17.1 Å². The Morgan fingerprint density at radius 1 is 1.50 bits per heavy atom. The van der Waals surface area contributed by atoms with Gasteiger partial charge in [0.15, 0.2) is 6.54 Å². The highest BCUT2D eigenvalue weighted by Gasteiger charge is 2.28. The third-order valence-corrected chi connectivity index (χ3v) is 2.89. The van der Waals surface area contributed by atoms with E-state index in [1.807, 2.05) is 4.98 Å². The Kier molecular flexibility index (Phi) is 4.03. The number of nitrogens with zero attached hydrogens (tertiary/aromatic N) is 4. The van der Waals surface area contributed by atoms with Crippen LogP contribution in [0.15, 0.2) is 9.59 Å². The average Bonchev–Trinajstić information content (AvgIpc) is 2.82. The zero-order valence-electron chi connectivity index (χ0n) is 11.4. The lowest BCUT2D eigenvalue weighted by molar-refractivity contribution is -0.396. The van der Waals surface area contributed by atoms with E-state index in [2.05, 4.69) is 10.3 Å². The highest BCUT2D eigenvalue weighted by molar-refractivity contribution is 5.80. The summed E-state index contributed by atoms with van der Waals surface area (Å²) in [6.45, 7) is -0.879. The molecule has 0 aliphatic rings. The van der Waals surface area contributed by atoms with Crippen molar-refractivity contribution in [3.05, 3.63) is 31.0 Å². The Bertz CT molecular complexity index is 861. The number of fused-ring (bicyclic) bond motifs is 1. The molecule has 12 heteroatoms.